The van der Waals surface area contributed by atoms with Crippen molar-refractivity contribution in [3.05, 3.63) is 71.2 Å². The van der Waals surface area contributed by atoms with Gasteiger partial charge in [0.25, 0.3) is 0 Å². The molecule has 176 valence electrons. The maximum Gasteiger partial charge on any atom is 0.244 e. The predicted octanol–water partition coefficient (Wildman–Crippen LogP) is 4.42. The first kappa shape index (κ1) is 22.4. The maximum absolute atomic E-state index is 13.9. The molecule has 0 spiro atoms. The highest BCUT2D eigenvalue weighted by Gasteiger charge is 2.27. The third-order valence-corrected chi connectivity index (χ3v) is 6.32. The SMILES string of the molecule is Cc1ccc(-c2noc(CN3CCN(C(C)c4nc(-c5ccc(C)c(F)c5)no4)CC3)n2)cc1. The standard InChI is InChI=1S/C25H27FN6O2/c1-16-4-7-19(8-5-16)23-27-22(33-29-23)15-31-10-12-32(13-11-31)18(3)25-28-24(30-34-25)20-9-6-17(2)21(26)14-20/h4-9,14,18H,10-13,15H2,1-3H3. The van der Waals surface area contributed by atoms with E-state index in [1.807, 2.05) is 24.3 Å². The number of hydrogen-bond acceptors (Lipinski definition) is 8. The van der Waals surface area contributed by atoms with Gasteiger partial charge in [-0.2, -0.15) is 9.97 Å². The number of aromatic nitrogens is 4. The number of nitrogens with zero attached hydrogens (tertiary/aromatic N) is 6. The zero-order chi connectivity index (χ0) is 23.7. The van der Waals surface area contributed by atoms with Gasteiger partial charge in [0, 0.05) is 37.3 Å². The number of rotatable bonds is 6. The summed E-state index contributed by atoms with van der Waals surface area (Å²) < 4.78 is 24.9. The van der Waals surface area contributed by atoms with Gasteiger partial charge < -0.3 is 9.05 Å². The molecule has 8 nitrogen and oxygen atoms in total. The van der Waals surface area contributed by atoms with Crippen LogP contribution < -0.4 is 0 Å². The van der Waals surface area contributed by atoms with E-state index in [2.05, 4.69) is 43.9 Å². The summed E-state index contributed by atoms with van der Waals surface area (Å²) in [5.74, 6) is 1.89. The number of halogens is 1. The fraction of sp³-hybridized carbons (Fsp3) is 0.360. The summed E-state index contributed by atoms with van der Waals surface area (Å²) >= 11 is 0. The fourth-order valence-electron chi connectivity index (χ4n) is 4.05. The van der Waals surface area contributed by atoms with Crippen LogP contribution in [0, 0.1) is 19.7 Å². The monoisotopic (exact) mass is 462 g/mol. The fourth-order valence-corrected chi connectivity index (χ4v) is 4.05. The second kappa shape index (κ2) is 9.44. The first-order valence-electron chi connectivity index (χ1n) is 11.4. The molecule has 34 heavy (non-hydrogen) atoms. The first-order valence-corrected chi connectivity index (χ1v) is 11.4. The highest BCUT2D eigenvalue weighted by Crippen LogP contribution is 2.25. The van der Waals surface area contributed by atoms with Crippen LogP contribution in [0.2, 0.25) is 0 Å². The molecule has 0 saturated carbocycles. The molecular weight excluding hydrogens is 435 g/mol. The minimum atomic E-state index is -0.278. The predicted molar refractivity (Wildman–Crippen MR) is 124 cm³/mol. The number of hydrogen-bond donors (Lipinski definition) is 0. The molecule has 1 aliphatic heterocycles. The number of aryl methyl sites for hydroxylation is 2. The van der Waals surface area contributed by atoms with E-state index in [0.29, 0.717) is 41.1 Å². The zero-order valence-electron chi connectivity index (χ0n) is 19.5. The van der Waals surface area contributed by atoms with Crippen molar-refractivity contribution in [1.29, 1.82) is 0 Å². The topological polar surface area (TPSA) is 84.3 Å². The Morgan fingerprint density at radius 3 is 2.29 bits per heavy atom. The highest BCUT2D eigenvalue weighted by molar-refractivity contribution is 5.55. The highest BCUT2D eigenvalue weighted by atomic mass is 19.1. The molecule has 2 aromatic heterocycles. The molecule has 1 unspecified atom stereocenters. The zero-order valence-corrected chi connectivity index (χ0v) is 19.5. The molecular formula is C25H27FN6O2. The summed E-state index contributed by atoms with van der Waals surface area (Å²) in [6.45, 7) is 9.85. The van der Waals surface area contributed by atoms with Crippen molar-refractivity contribution in [2.75, 3.05) is 26.2 Å². The van der Waals surface area contributed by atoms with E-state index in [4.69, 9.17) is 9.05 Å². The van der Waals surface area contributed by atoms with Crippen molar-refractivity contribution < 1.29 is 13.4 Å². The molecule has 1 saturated heterocycles. The van der Waals surface area contributed by atoms with Crippen LogP contribution in [0.3, 0.4) is 0 Å². The Labute approximate surface area is 197 Å². The molecule has 1 atom stereocenters. The van der Waals surface area contributed by atoms with Gasteiger partial charge in [0.2, 0.25) is 23.4 Å². The molecule has 0 aliphatic carbocycles. The van der Waals surface area contributed by atoms with E-state index >= 15 is 0 Å². The Morgan fingerprint density at radius 1 is 0.882 bits per heavy atom. The van der Waals surface area contributed by atoms with Gasteiger partial charge in [-0.25, -0.2) is 4.39 Å². The maximum atomic E-state index is 13.9. The smallest absolute Gasteiger partial charge is 0.244 e. The molecule has 0 bridgehead atoms. The third kappa shape index (κ3) is 4.76. The van der Waals surface area contributed by atoms with Gasteiger partial charge in [0.15, 0.2) is 0 Å². The molecule has 0 amide bonds. The second-order valence-electron chi connectivity index (χ2n) is 8.79. The molecule has 3 heterocycles. The average molecular weight is 463 g/mol. The minimum Gasteiger partial charge on any atom is -0.338 e. The number of piperazine rings is 1. The lowest BCUT2D eigenvalue weighted by molar-refractivity contribution is 0.0785. The van der Waals surface area contributed by atoms with Crippen molar-refractivity contribution in [2.45, 2.75) is 33.4 Å². The Balaban J connectivity index is 1.17. The van der Waals surface area contributed by atoms with Crippen LogP contribution in [-0.4, -0.2) is 56.3 Å². The first-order chi connectivity index (χ1) is 16.5. The Hall–Kier alpha value is -3.43. The minimum absolute atomic E-state index is 0.0322. The molecule has 1 aliphatic rings. The van der Waals surface area contributed by atoms with Gasteiger partial charge in [-0.3, -0.25) is 9.80 Å². The van der Waals surface area contributed by atoms with Crippen LogP contribution in [0.5, 0.6) is 0 Å². The summed E-state index contributed by atoms with van der Waals surface area (Å²) in [5, 5.41) is 8.19. The van der Waals surface area contributed by atoms with E-state index in [-0.39, 0.29) is 11.9 Å². The largest absolute Gasteiger partial charge is 0.338 e. The molecule has 0 radical (unpaired) electrons. The molecule has 2 aromatic carbocycles. The number of benzene rings is 2. The lowest BCUT2D eigenvalue weighted by atomic mass is 10.1. The van der Waals surface area contributed by atoms with Gasteiger partial charge in [-0.15, -0.1) is 0 Å². The molecule has 9 heteroatoms. The summed E-state index contributed by atoms with van der Waals surface area (Å²) in [4.78, 5) is 13.7. The van der Waals surface area contributed by atoms with Crippen LogP contribution in [-0.2, 0) is 6.54 Å². The van der Waals surface area contributed by atoms with Crippen molar-refractivity contribution in [3.63, 3.8) is 0 Å². The summed E-state index contributed by atoms with van der Waals surface area (Å²) in [7, 11) is 0. The van der Waals surface area contributed by atoms with E-state index in [1.54, 1.807) is 19.1 Å². The van der Waals surface area contributed by atoms with Gasteiger partial charge in [0.1, 0.15) is 5.82 Å². The Bertz CT molecular complexity index is 1260. The molecule has 1 fully saturated rings. The van der Waals surface area contributed by atoms with Crippen molar-refractivity contribution in [1.82, 2.24) is 30.1 Å². The average Bonchev–Trinajstić information content (AvgIpc) is 3.52. The second-order valence-corrected chi connectivity index (χ2v) is 8.79. The third-order valence-electron chi connectivity index (χ3n) is 6.32. The molecule has 5 rings (SSSR count). The van der Waals surface area contributed by atoms with Crippen LogP contribution in [0.4, 0.5) is 4.39 Å². The van der Waals surface area contributed by atoms with Crippen LogP contribution in [0.15, 0.2) is 51.5 Å². The van der Waals surface area contributed by atoms with Gasteiger partial charge in [-0.05, 0) is 32.4 Å². The van der Waals surface area contributed by atoms with E-state index in [9.17, 15) is 4.39 Å². The summed E-state index contributed by atoms with van der Waals surface area (Å²) in [6.07, 6.45) is 0. The van der Waals surface area contributed by atoms with E-state index < -0.39 is 0 Å². The molecule has 4 aromatic rings. The van der Waals surface area contributed by atoms with E-state index in [1.165, 1.54) is 11.6 Å². The Morgan fingerprint density at radius 2 is 1.56 bits per heavy atom. The summed E-state index contributed by atoms with van der Waals surface area (Å²) in [5.41, 5.74) is 3.34. The quantitative estimate of drug-likeness (QED) is 0.416. The van der Waals surface area contributed by atoms with Crippen LogP contribution in [0.1, 0.15) is 35.9 Å². The van der Waals surface area contributed by atoms with Crippen molar-refractivity contribution in [2.24, 2.45) is 0 Å². The lowest BCUT2D eigenvalue weighted by Gasteiger charge is -2.36. The van der Waals surface area contributed by atoms with Gasteiger partial charge >= 0.3 is 0 Å². The van der Waals surface area contributed by atoms with Crippen LogP contribution >= 0.6 is 0 Å². The van der Waals surface area contributed by atoms with Gasteiger partial charge in [0.05, 0.1) is 12.6 Å². The van der Waals surface area contributed by atoms with Gasteiger partial charge in [-0.1, -0.05) is 52.3 Å². The van der Waals surface area contributed by atoms with Crippen molar-refractivity contribution in [3.8, 4) is 22.8 Å². The summed E-state index contributed by atoms with van der Waals surface area (Å²) in [6, 6.07) is 13.0. The Kier molecular flexibility index (Phi) is 6.21. The van der Waals surface area contributed by atoms with E-state index in [0.717, 1.165) is 31.7 Å². The van der Waals surface area contributed by atoms with Crippen molar-refractivity contribution >= 4 is 0 Å². The lowest BCUT2D eigenvalue weighted by Crippen LogP contribution is -2.46. The molecule has 0 N–H and O–H groups in total. The normalized spacial score (nSPS) is 16.1. The van der Waals surface area contributed by atoms with Crippen LogP contribution in [0.25, 0.3) is 22.8 Å².